The van der Waals surface area contributed by atoms with Gasteiger partial charge in [0.2, 0.25) is 0 Å². The van der Waals surface area contributed by atoms with Gasteiger partial charge >= 0.3 is 0 Å². The second kappa shape index (κ2) is 7.41. The number of para-hydroxylation sites is 1. The van der Waals surface area contributed by atoms with Crippen molar-refractivity contribution in [3.8, 4) is 17.0 Å². The highest BCUT2D eigenvalue weighted by molar-refractivity contribution is 5.77. The summed E-state index contributed by atoms with van der Waals surface area (Å²) in [6, 6.07) is 15.0. The number of pyridine rings is 1. The fourth-order valence-corrected chi connectivity index (χ4v) is 2.31. The molecule has 3 rings (SSSR count). The Morgan fingerprint density at radius 3 is 2.67 bits per heavy atom. The first-order chi connectivity index (χ1) is 11.7. The number of hydrogen-bond acceptors (Lipinski definition) is 4. The molecular formula is C18H18N4O2. The van der Waals surface area contributed by atoms with E-state index in [1.807, 2.05) is 55.6 Å². The topological polar surface area (TPSA) is 69.0 Å². The Kier molecular flexibility index (Phi) is 4.86. The summed E-state index contributed by atoms with van der Waals surface area (Å²) < 4.78 is 7.20. The Balaban J connectivity index is 1.54. The summed E-state index contributed by atoms with van der Waals surface area (Å²) in [5.74, 6) is 0.487. The number of aryl methyl sites for hydroxylation is 1. The Morgan fingerprint density at radius 2 is 1.92 bits per heavy atom. The predicted molar refractivity (Wildman–Crippen MR) is 90.2 cm³/mol. The summed E-state index contributed by atoms with van der Waals surface area (Å²) in [5.41, 5.74) is 2.80. The summed E-state index contributed by atoms with van der Waals surface area (Å²) in [4.78, 5) is 15.9. The molecule has 1 amide bonds. The molecule has 0 radical (unpaired) electrons. The normalized spacial score (nSPS) is 10.4. The summed E-state index contributed by atoms with van der Waals surface area (Å²) in [6.45, 7) is 0.337. The van der Waals surface area contributed by atoms with Crippen LogP contribution in [0.3, 0.4) is 0 Å². The molecule has 0 aliphatic rings. The monoisotopic (exact) mass is 322 g/mol. The molecule has 2 heterocycles. The number of amides is 1. The zero-order valence-electron chi connectivity index (χ0n) is 13.3. The lowest BCUT2D eigenvalue weighted by Gasteiger charge is -2.06. The van der Waals surface area contributed by atoms with Crippen molar-refractivity contribution < 1.29 is 9.53 Å². The van der Waals surface area contributed by atoms with Gasteiger partial charge in [-0.15, -0.1) is 0 Å². The molecule has 0 bridgehead atoms. The molecule has 2 aromatic heterocycles. The lowest BCUT2D eigenvalue weighted by atomic mass is 10.2. The molecule has 0 spiro atoms. The van der Waals surface area contributed by atoms with Crippen molar-refractivity contribution in [3.05, 3.63) is 66.6 Å². The predicted octanol–water partition coefficient (Wildman–Crippen LogP) is 2.18. The van der Waals surface area contributed by atoms with E-state index in [2.05, 4.69) is 15.4 Å². The Morgan fingerprint density at radius 1 is 1.17 bits per heavy atom. The molecule has 0 aliphatic heterocycles. The van der Waals surface area contributed by atoms with Crippen molar-refractivity contribution in [1.82, 2.24) is 20.1 Å². The van der Waals surface area contributed by atoms with Crippen LogP contribution in [0.4, 0.5) is 0 Å². The van der Waals surface area contributed by atoms with E-state index in [1.54, 1.807) is 17.1 Å². The van der Waals surface area contributed by atoms with Crippen molar-refractivity contribution >= 4 is 5.91 Å². The minimum atomic E-state index is -0.185. The van der Waals surface area contributed by atoms with Crippen LogP contribution in [0.5, 0.6) is 5.75 Å². The largest absolute Gasteiger partial charge is 0.484 e. The highest BCUT2D eigenvalue weighted by Crippen LogP contribution is 2.18. The van der Waals surface area contributed by atoms with E-state index in [1.165, 1.54) is 0 Å². The molecule has 0 aliphatic carbocycles. The van der Waals surface area contributed by atoms with Crippen molar-refractivity contribution in [1.29, 1.82) is 0 Å². The molecule has 6 nitrogen and oxygen atoms in total. The van der Waals surface area contributed by atoms with Gasteiger partial charge in [-0.3, -0.25) is 14.5 Å². The fraction of sp³-hybridized carbons (Fsp3) is 0.167. The maximum atomic E-state index is 11.9. The molecular weight excluding hydrogens is 304 g/mol. The van der Waals surface area contributed by atoms with Crippen LogP contribution < -0.4 is 10.1 Å². The first-order valence-electron chi connectivity index (χ1n) is 7.60. The zero-order valence-corrected chi connectivity index (χ0v) is 13.3. The van der Waals surface area contributed by atoms with E-state index in [0.29, 0.717) is 12.3 Å². The number of benzene rings is 1. The van der Waals surface area contributed by atoms with Gasteiger partial charge in [0.15, 0.2) is 6.61 Å². The van der Waals surface area contributed by atoms with Gasteiger partial charge in [-0.05, 0) is 30.3 Å². The fourth-order valence-electron chi connectivity index (χ4n) is 2.31. The van der Waals surface area contributed by atoms with Crippen LogP contribution in [-0.4, -0.2) is 27.3 Å². The average molecular weight is 322 g/mol. The van der Waals surface area contributed by atoms with Gasteiger partial charge in [0, 0.05) is 25.0 Å². The van der Waals surface area contributed by atoms with Gasteiger partial charge in [0.05, 0.1) is 17.9 Å². The van der Waals surface area contributed by atoms with Crippen LogP contribution in [0.1, 0.15) is 5.69 Å². The number of carbonyl (C=O) groups is 1. The molecule has 1 aromatic carbocycles. The maximum absolute atomic E-state index is 11.9. The summed E-state index contributed by atoms with van der Waals surface area (Å²) in [5, 5.41) is 7.23. The van der Waals surface area contributed by atoms with Gasteiger partial charge in [-0.2, -0.15) is 5.10 Å². The van der Waals surface area contributed by atoms with Crippen LogP contribution in [0.15, 0.2) is 60.9 Å². The summed E-state index contributed by atoms with van der Waals surface area (Å²) in [7, 11) is 1.87. The van der Waals surface area contributed by atoms with Crippen LogP contribution >= 0.6 is 0 Å². The molecule has 0 saturated carbocycles. The molecule has 1 N–H and O–H groups in total. The van der Waals surface area contributed by atoms with Gasteiger partial charge in [-0.25, -0.2) is 0 Å². The molecule has 24 heavy (non-hydrogen) atoms. The summed E-state index contributed by atoms with van der Waals surface area (Å²) in [6.07, 6.45) is 3.48. The third-order valence-electron chi connectivity index (χ3n) is 3.49. The lowest BCUT2D eigenvalue weighted by Crippen LogP contribution is -2.28. The highest BCUT2D eigenvalue weighted by Gasteiger charge is 2.09. The molecule has 6 heteroatoms. The van der Waals surface area contributed by atoms with Gasteiger partial charge in [-0.1, -0.05) is 18.2 Å². The van der Waals surface area contributed by atoms with E-state index in [4.69, 9.17) is 4.74 Å². The Hall–Kier alpha value is -3.15. The molecule has 0 fully saturated rings. The first kappa shape index (κ1) is 15.7. The number of ether oxygens (including phenoxy) is 1. The minimum Gasteiger partial charge on any atom is -0.484 e. The summed E-state index contributed by atoms with van der Waals surface area (Å²) >= 11 is 0. The maximum Gasteiger partial charge on any atom is 0.258 e. The number of aromatic nitrogens is 3. The average Bonchev–Trinajstić information content (AvgIpc) is 3.00. The molecule has 0 atom stereocenters. The van der Waals surface area contributed by atoms with Crippen LogP contribution in [0.2, 0.25) is 0 Å². The second-order valence-corrected chi connectivity index (χ2v) is 5.26. The quantitative estimate of drug-likeness (QED) is 0.755. The second-order valence-electron chi connectivity index (χ2n) is 5.26. The lowest BCUT2D eigenvalue weighted by molar-refractivity contribution is -0.123. The van der Waals surface area contributed by atoms with E-state index < -0.39 is 0 Å². The number of nitrogens with zero attached hydrogens (tertiary/aromatic N) is 3. The molecule has 122 valence electrons. The zero-order chi connectivity index (χ0) is 16.8. The Bertz CT molecular complexity index is 800. The molecule has 0 saturated heterocycles. The standard InChI is InChI=1S/C18H18N4O2/c1-22-17(14-7-9-19-10-8-14)11-15(21-22)12-20-18(23)13-24-16-5-3-2-4-6-16/h2-11H,12-13H2,1H3,(H,20,23). The van der Waals surface area contributed by atoms with E-state index in [-0.39, 0.29) is 12.5 Å². The number of carbonyl (C=O) groups excluding carboxylic acids is 1. The van der Waals surface area contributed by atoms with Crippen molar-refractivity contribution in [2.75, 3.05) is 6.61 Å². The number of hydrogen-bond donors (Lipinski definition) is 1. The molecule has 3 aromatic rings. The minimum absolute atomic E-state index is 0.0198. The van der Waals surface area contributed by atoms with Crippen molar-refractivity contribution in [2.45, 2.75) is 6.54 Å². The van der Waals surface area contributed by atoms with Crippen LogP contribution in [0.25, 0.3) is 11.3 Å². The van der Waals surface area contributed by atoms with Crippen LogP contribution in [-0.2, 0) is 18.4 Å². The highest BCUT2D eigenvalue weighted by atomic mass is 16.5. The number of rotatable bonds is 6. The van der Waals surface area contributed by atoms with Gasteiger partial charge < -0.3 is 10.1 Å². The van der Waals surface area contributed by atoms with E-state index >= 15 is 0 Å². The number of nitrogens with one attached hydrogen (secondary N) is 1. The Labute approximate surface area is 140 Å². The van der Waals surface area contributed by atoms with Crippen molar-refractivity contribution in [3.63, 3.8) is 0 Å². The van der Waals surface area contributed by atoms with Crippen LogP contribution in [0, 0.1) is 0 Å². The van der Waals surface area contributed by atoms with Gasteiger partial charge in [0.1, 0.15) is 5.75 Å². The SMILES string of the molecule is Cn1nc(CNC(=O)COc2ccccc2)cc1-c1ccncc1. The van der Waals surface area contributed by atoms with E-state index in [9.17, 15) is 4.79 Å². The molecule has 0 unspecified atom stereocenters. The smallest absolute Gasteiger partial charge is 0.258 e. The van der Waals surface area contributed by atoms with Crippen molar-refractivity contribution in [2.24, 2.45) is 7.05 Å². The first-order valence-corrected chi connectivity index (χ1v) is 7.60. The van der Waals surface area contributed by atoms with Gasteiger partial charge in [0.25, 0.3) is 5.91 Å². The third kappa shape index (κ3) is 3.98. The third-order valence-corrected chi connectivity index (χ3v) is 3.49. The van der Waals surface area contributed by atoms with E-state index in [0.717, 1.165) is 17.0 Å².